The summed E-state index contributed by atoms with van der Waals surface area (Å²) in [5.74, 6) is 0.650. The maximum absolute atomic E-state index is 11.8. The molecule has 0 radical (unpaired) electrons. The molecule has 2 rings (SSSR count). The number of carbonyl (C=O) groups is 1. The molecule has 0 saturated heterocycles. The lowest BCUT2D eigenvalue weighted by Crippen LogP contribution is -2.40. The maximum Gasteiger partial charge on any atom is 0.244 e. The van der Waals surface area contributed by atoms with Gasteiger partial charge in [-0.25, -0.2) is 0 Å². The summed E-state index contributed by atoms with van der Waals surface area (Å²) in [4.78, 5) is 11.8. The van der Waals surface area contributed by atoms with Crippen LogP contribution in [0.4, 0.5) is 0 Å². The fraction of sp³-hybridized carbons (Fsp3) is 0.500. The Morgan fingerprint density at radius 2 is 2.29 bits per heavy atom. The highest BCUT2D eigenvalue weighted by Gasteiger charge is 2.21. The summed E-state index contributed by atoms with van der Waals surface area (Å²) in [7, 11) is 0. The zero-order valence-electron chi connectivity index (χ0n) is 10.2. The second-order valence-electron chi connectivity index (χ2n) is 4.77. The lowest BCUT2D eigenvalue weighted by Gasteiger charge is -2.29. The Hall–Kier alpha value is -1.09. The number of nitrogens with one attached hydrogen (secondary N) is 1. The molecule has 1 aromatic heterocycles. The third-order valence-corrected chi connectivity index (χ3v) is 4.11. The molecule has 0 aromatic carbocycles. The van der Waals surface area contributed by atoms with Gasteiger partial charge in [-0.15, -0.1) is 0 Å². The molecule has 1 heterocycles. The first kappa shape index (κ1) is 12.4. The Balaban J connectivity index is 1.84. The Morgan fingerprint density at radius 3 is 3.00 bits per heavy atom. The first-order valence-corrected chi connectivity index (χ1v) is 7.21. The quantitative estimate of drug-likeness (QED) is 0.817. The minimum atomic E-state index is 0.0370. The van der Waals surface area contributed by atoms with Gasteiger partial charge in [0.2, 0.25) is 5.91 Å². The highest BCUT2D eigenvalue weighted by atomic mass is 32.1. The van der Waals surface area contributed by atoms with E-state index < -0.39 is 0 Å². The summed E-state index contributed by atoms with van der Waals surface area (Å²) >= 11 is 1.64. The van der Waals surface area contributed by atoms with Crippen molar-refractivity contribution in [3.8, 4) is 0 Å². The molecule has 2 nitrogen and oxygen atoms in total. The fourth-order valence-electron chi connectivity index (χ4n) is 2.30. The van der Waals surface area contributed by atoms with Crippen molar-refractivity contribution in [3.63, 3.8) is 0 Å². The van der Waals surface area contributed by atoms with Crippen LogP contribution < -0.4 is 5.32 Å². The van der Waals surface area contributed by atoms with E-state index in [0.717, 1.165) is 12.0 Å². The molecule has 2 atom stereocenters. The van der Waals surface area contributed by atoms with E-state index in [9.17, 15) is 4.79 Å². The van der Waals surface area contributed by atoms with Crippen LogP contribution >= 0.6 is 11.3 Å². The summed E-state index contributed by atoms with van der Waals surface area (Å²) in [6.45, 7) is 2.23. The van der Waals surface area contributed by atoms with E-state index in [1.165, 1.54) is 19.3 Å². The Morgan fingerprint density at radius 1 is 1.47 bits per heavy atom. The van der Waals surface area contributed by atoms with Crippen LogP contribution in [0, 0.1) is 5.92 Å². The van der Waals surface area contributed by atoms with Gasteiger partial charge in [0, 0.05) is 12.1 Å². The standard InChI is InChI=1S/C14H19NOS/c1-11-4-2-3-5-13(11)15-14(16)7-6-12-8-9-17-10-12/h6-11,13H,2-5H2,1H3,(H,15,16). The molecule has 17 heavy (non-hydrogen) atoms. The van der Waals surface area contributed by atoms with E-state index in [1.807, 2.05) is 22.9 Å². The SMILES string of the molecule is CC1CCCCC1NC(=O)C=Cc1ccsc1. The summed E-state index contributed by atoms with van der Waals surface area (Å²) in [5.41, 5.74) is 1.10. The van der Waals surface area contributed by atoms with Crippen LogP contribution in [0.25, 0.3) is 6.08 Å². The second-order valence-corrected chi connectivity index (χ2v) is 5.55. The number of rotatable bonds is 3. The molecule has 92 valence electrons. The van der Waals surface area contributed by atoms with E-state index in [2.05, 4.69) is 12.2 Å². The second kappa shape index (κ2) is 6.01. The van der Waals surface area contributed by atoms with Gasteiger partial charge in [0.15, 0.2) is 0 Å². The first-order valence-electron chi connectivity index (χ1n) is 6.26. The molecule has 2 unspecified atom stereocenters. The maximum atomic E-state index is 11.8. The van der Waals surface area contributed by atoms with Gasteiger partial charge in [-0.05, 0) is 47.2 Å². The zero-order chi connectivity index (χ0) is 12.1. The highest BCUT2D eigenvalue weighted by molar-refractivity contribution is 7.08. The summed E-state index contributed by atoms with van der Waals surface area (Å²) in [6.07, 6.45) is 8.42. The van der Waals surface area contributed by atoms with Crippen molar-refractivity contribution < 1.29 is 4.79 Å². The number of carbonyl (C=O) groups excluding carboxylic acids is 1. The average Bonchev–Trinajstić information content (AvgIpc) is 2.82. The van der Waals surface area contributed by atoms with Crippen molar-refractivity contribution in [1.82, 2.24) is 5.32 Å². The minimum absolute atomic E-state index is 0.0370. The normalized spacial score (nSPS) is 25.0. The van der Waals surface area contributed by atoms with Crippen molar-refractivity contribution in [2.75, 3.05) is 0 Å². The molecule has 1 aromatic rings. The van der Waals surface area contributed by atoms with Crippen LogP contribution in [0.15, 0.2) is 22.9 Å². The van der Waals surface area contributed by atoms with E-state index in [1.54, 1.807) is 17.4 Å². The van der Waals surface area contributed by atoms with E-state index >= 15 is 0 Å². The van der Waals surface area contributed by atoms with Gasteiger partial charge in [-0.3, -0.25) is 4.79 Å². The molecule has 0 aliphatic heterocycles. The number of hydrogen-bond acceptors (Lipinski definition) is 2. The summed E-state index contributed by atoms with van der Waals surface area (Å²) < 4.78 is 0. The smallest absolute Gasteiger partial charge is 0.244 e. The summed E-state index contributed by atoms with van der Waals surface area (Å²) in [6, 6.07) is 2.38. The molecule has 3 heteroatoms. The molecule has 1 aliphatic rings. The van der Waals surface area contributed by atoms with Crippen LogP contribution in [-0.2, 0) is 4.79 Å². The molecule has 1 N–H and O–H groups in total. The van der Waals surface area contributed by atoms with Gasteiger partial charge in [-0.1, -0.05) is 19.8 Å². The highest BCUT2D eigenvalue weighted by Crippen LogP contribution is 2.23. The topological polar surface area (TPSA) is 29.1 Å². The summed E-state index contributed by atoms with van der Waals surface area (Å²) in [5, 5.41) is 7.16. The van der Waals surface area contributed by atoms with Crippen molar-refractivity contribution in [2.24, 2.45) is 5.92 Å². The van der Waals surface area contributed by atoms with Crippen molar-refractivity contribution in [2.45, 2.75) is 38.6 Å². The van der Waals surface area contributed by atoms with Crippen LogP contribution in [0.3, 0.4) is 0 Å². The van der Waals surface area contributed by atoms with E-state index in [4.69, 9.17) is 0 Å². The van der Waals surface area contributed by atoms with Crippen molar-refractivity contribution in [3.05, 3.63) is 28.5 Å². The molecule has 1 saturated carbocycles. The Labute approximate surface area is 107 Å². The van der Waals surface area contributed by atoms with Crippen LogP contribution in [0.5, 0.6) is 0 Å². The lowest BCUT2D eigenvalue weighted by molar-refractivity contribution is -0.117. The minimum Gasteiger partial charge on any atom is -0.350 e. The van der Waals surface area contributed by atoms with Crippen molar-refractivity contribution in [1.29, 1.82) is 0 Å². The van der Waals surface area contributed by atoms with E-state index in [-0.39, 0.29) is 5.91 Å². The predicted octanol–water partition coefficient (Wildman–Crippen LogP) is 3.46. The van der Waals surface area contributed by atoms with Gasteiger partial charge < -0.3 is 5.32 Å². The Kier molecular flexibility index (Phi) is 4.37. The molecular formula is C14H19NOS. The monoisotopic (exact) mass is 249 g/mol. The average molecular weight is 249 g/mol. The third kappa shape index (κ3) is 3.70. The molecule has 0 spiro atoms. The zero-order valence-corrected chi connectivity index (χ0v) is 11.0. The number of thiophene rings is 1. The van der Waals surface area contributed by atoms with Gasteiger partial charge in [0.05, 0.1) is 0 Å². The van der Waals surface area contributed by atoms with Gasteiger partial charge in [0.25, 0.3) is 0 Å². The fourth-order valence-corrected chi connectivity index (χ4v) is 2.93. The van der Waals surface area contributed by atoms with Crippen molar-refractivity contribution >= 4 is 23.3 Å². The van der Waals surface area contributed by atoms with Crippen LogP contribution in [0.1, 0.15) is 38.2 Å². The molecule has 0 bridgehead atoms. The van der Waals surface area contributed by atoms with Gasteiger partial charge in [-0.2, -0.15) is 11.3 Å². The molecule has 1 fully saturated rings. The van der Waals surface area contributed by atoms with Gasteiger partial charge in [0.1, 0.15) is 0 Å². The van der Waals surface area contributed by atoms with Crippen LogP contribution in [-0.4, -0.2) is 11.9 Å². The van der Waals surface area contributed by atoms with Gasteiger partial charge >= 0.3 is 0 Å². The van der Waals surface area contributed by atoms with Crippen LogP contribution in [0.2, 0.25) is 0 Å². The predicted molar refractivity (Wildman–Crippen MR) is 72.9 cm³/mol. The van der Waals surface area contributed by atoms with E-state index in [0.29, 0.717) is 12.0 Å². The molecule has 1 aliphatic carbocycles. The lowest BCUT2D eigenvalue weighted by atomic mass is 9.86. The number of hydrogen-bond donors (Lipinski definition) is 1. The first-order chi connectivity index (χ1) is 8.25. The largest absolute Gasteiger partial charge is 0.350 e. The molecule has 1 amide bonds. The third-order valence-electron chi connectivity index (χ3n) is 3.41. The Bertz CT molecular complexity index is 383. The number of amides is 1. The molecular weight excluding hydrogens is 230 g/mol.